The summed E-state index contributed by atoms with van der Waals surface area (Å²) in [6, 6.07) is 12.1. The van der Waals surface area contributed by atoms with Gasteiger partial charge in [0, 0.05) is 23.8 Å². The lowest BCUT2D eigenvalue weighted by molar-refractivity contribution is 0.0952. The average Bonchev–Trinajstić information content (AvgIpc) is 2.65. The minimum Gasteiger partial charge on any atom is -0.507 e. The van der Waals surface area contributed by atoms with Gasteiger partial charge >= 0.3 is 0 Å². The fourth-order valence-corrected chi connectivity index (χ4v) is 2.68. The number of nitrogens with zero attached hydrogens (tertiary/aromatic N) is 2. The molecule has 0 bridgehead atoms. The Bertz CT molecular complexity index is 772. The van der Waals surface area contributed by atoms with E-state index in [-0.39, 0.29) is 11.3 Å². The minimum absolute atomic E-state index is 0.0762. The normalized spacial score (nSPS) is 14.7. The molecule has 25 heavy (non-hydrogen) atoms. The SMILES string of the molecule is O=C(N/N=C\c1ccc(N2CCOCC2)cc1)c1cc(Cl)ccc1O. The van der Waals surface area contributed by atoms with E-state index in [2.05, 4.69) is 15.4 Å². The molecule has 2 aromatic rings. The highest BCUT2D eigenvalue weighted by Gasteiger charge is 2.11. The van der Waals surface area contributed by atoms with Crippen molar-refractivity contribution in [3.8, 4) is 5.75 Å². The zero-order valence-corrected chi connectivity index (χ0v) is 14.2. The van der Waals surface area contributed by atoms with Crippen molar-refractivity contribution in [1.82, 2.24) is 5.43 Å². The van der Waals surface area contributed by atoms with E-state index in [0.29, 0.717) is 5.02 Å². The van der Waals surface area contributed by atoms with E-state index in [1.807, 2.05) is 24.3 Å². The highest BCUT2D eigenvalue weighted by molar-refractivity contribution is 6.31. The first-order valence-electron chi connectivity index (χ1n) is 7.88. The molecule has 130 valence electrons. The van der Waals surface area contributed by atoms with Crippen molar-refractivity contribution in [2.24, 2.45) is 5.10 Å². The van der Waals surface area contributed by atoms with Crippen LogP contribution < -0.4 is 10.3 Å². The molecule has 6 nitrogen and oxygen atoms in total. The van der Waals surface area contributed by atoms with Gasteiger partial charge in [-0.1, -0.05) is 23.7 Å². The first-order valence-corrected chi connectivity index (χ1v) is 8.26. The van der Waals surface area contributed by atoms with Crippen molar-refractivity contribution in [2.45, 2.75) is 0 Å². The number of ether oxygens (including phenoxy) is 1. The molecule has 1 heterocycles. The summed E-state index contributed by atoms with van der Waals surface area (Å²) >= 11 is 5.83. The number of benzene rings is 2. The van der Waals surface area contributed by atoms with Crippen LogP contribution in [0.5, 0.6) is 5.75 Å². The van der Waals surface area contributed by atoms with Crippen molar-refractivity contribution >= 4 is 29.4 Å². The minimum atomic E-state index is -0.527. The highest BCUT2D eigenvalue weighted by atomic mass is 35.5. The van der Waals surface area contributed by atoms with Crippen LogP contribution in [0.4, 0.5) is 5.69 Å². The van der Waals surface area contributed by atoms with Gasteiger partial charge in [-0.15, -0.1) is 0 Å². The number of phenolic OH excluding ortho intramolecular Hbond substituents is 1. The Labute approximate surface area is 150 Å². The van der Waals surface area contributed by atoms with Gasteiger partial charge in [0.1, 0.15) is 5.75 Å². The van der Waals surface area contributed by atoms with Gasteiger partial charge in [0.05, 0.1) is 25.0 Å². The molecular formula is C18H18ClN3O3. The van der Waals surface area contributed by atoms with Crippen LogP contribution in [-0.4, -0.2) is 43.5 Å². The summed E-state index contributed by atoms with van der Waals surface area (Å²) < 4.78 is 5.34. The second-order valence-corrected chi connectivity index (χ2v) is 5.99. The number of nitrogens with one attached hydrogen (secondary N) is 1. The van der Waals surface area contributed by atoms with Gasteiger partial charge < -0.3 is 14.7 Å². The molecule has 2 N–H and O–H groups in total. The van der Waals surface area contributed by atoms with Crippen LogP contribution in [-0.2, 0) is 4.74 Å². The lowest BCUT2D eigenvalue weighted by atomic mass is 10.2. The number of amides is 1. The van der Waals surface area contributed by atoms with Crippen molar-refractivity contribution in [2.75, 3.05) is 31.2 Å². The average molecular weight is 360 g/mol. The summed E-state index contributed by atoms with van der Waals surface area (Å²) in [5.41, 5.74) is 4.44. The van der Waals surface area contributed by atoms with Crippen molar-refractivity contribution < 1.29 is 14.6 Å². The largest absolute Gasteiger partial charge is 0.507 e. The van der Waals surface area contributed by atoms with Crippen LogP contribution in [0.15, 0.2) is 47.6 Å². The van der Waals surface area contributed by atoms with Crippen LogP contribution in [0, 0.1) is 0 Å². The number of hydrogen-bond donors (Lipinski definition) is 2. The molecule has 0 spiro atoms. The molecule has 0 aromatic heterocycles. The number of aromatic hydroxyl groups is 1. The Morgan fingerprint density at radius 3 is 2.64 bits per heavy atom. The molecule has 0 atom stereocenters. The predicted molar refractivity (Wildman–Crippen MR) is 97.7 cm³/mol. The maximum absolute atomic E-state index is 12.0. The van der Waals surface area contributed by atoms with Crippen molar-refractivity contribution in [3.05, 3.63) is 58.6 Å². The second-order valence-electron chi connectivity index (χ2n) is 5.55. The van der Waals surface area contributed by atoms with Gasteiger partial charge in [-0.3, -0.25) is 4.79 Å². The summed E-state index contributed by atoms with van der Waals surface area (Å²) in [4.78, 5) is 14.3. The van der Waals surface area contributed by atoms with Crippen LogP contribution in [0.1, 0.15) is 15.9 Å². The molecule has 7 heteroatoms. The number of halogens is 1. The van der Waals surface area contributed by atoms with Gasteiger partial charge in [-0.25, -0.2) is 5.43 Å². The fourth-order valence-electron chi connectivity index (χ4n) is 2.51. The predicted octanol–water partition coefficient (Wildman–Crippen LogP) is 2.65. The van der Waals surface area contributed by atoms with E-state index in [1.165, 1.54) is 18.2 Å². The third-order valence-electron chi connectivity index (χ3n) is 3.85. The summed E-state index contributed by atoms with van der Waals surface area (Å²) in [7, 11) is 0. The molecule has 1 aliphatic rings. The third-order valence-corrected chi connectivity index (χ3v) is 4.09. The summed E-state index contributed by atoms with van der Waals surface area (Å²) in [6.45, 7) is 3.25. The Hall–Kier alpha value is -2.57. The van der Waals surface area contributed by atoms with Crippen LogP contribution in [0.2, 0.25) is 5.02 Å². The van der Waals surface area contributed by atoms with Crippen LogP contribution in [0.3, 0.4) is 0 Å². The highest BCUT2D eigenvalue weighted by Crippen LogP contribution is 2.21. The molecule has 1 fully saturated rings. The van der Waals surface area contributed by atoms with Gasteiger partial charge in [0.25, 0.3) is 5.91 Å². The molecule has 3 rings (SSSR count). The molecule has 0 unspecified atom stereocenters. The number of hydrogen-bond acceptors (Lipinski definition) is 5. The quantitative estimate of drug-likeness (QED) is 0.650. The Morgan fingerprint density at radius 1 is 1.20 bits per heavy atom. The Balaban J connectivity index is 1.60. The zero-order chi connectivity index (χ0) is 17.6. The molecule has 1 aliphatic heterocycles. The first-order chi connectivity index (χ1) is 12.1. The van der Waals surface area contributed by atoms with Gasteiger partial charge in [-0.05, 0) is 35.9 Å². The lowest BCUT2D eigenvalue weighted by Gasteiger charge is -2.28. The second kappa shape index (κ2) is 8.00. The van der Waals surface area contributed by atoms with Crippen LogP contribution in [0.25, 0.3) is 0 Å². The topological polar surface area (TPSA) is 74.2 Å². The summed E-state index contributed by atoms with van der Waals surface area (Å²) in [6.07, 6.45) is 1.54. The van der Waals surface area contributed by atoms with Gasteiger partial charge in [0.2, 0.25) is 0 Å². The molecule has 0 saturated carbocycles. The molecule has 0 aliphatic carbocycles. The Kier molecular flexibility index (Phi) is 5.53. The number of carbonyl (C=O) groups is 1. The maximum atomic E-state index is 12.0. The van der Waals surface area contributed by atoms with Crippen molar-refractivity contribution in [1.29, 1.82) is 0 Å². The molecule has 1 saturated heterocycles. The monoisotopic (exact) mass is 359 g/mol. The zero-order valence-electron chi connectivity index (χ0n) is 13.5. The number of hydrazone groups is 1. The van der Waals surface area contributed by atoms with Gasteiger partial charge in [0.15, 0.2) is 0 Å². The van der Waals surface area contributed by atoms with E-state index in [1.54, 1.807) is 6.21 Å². The number of rotatable bonds is 4. The number of phenols is 1. The van der Waals surface area contributed by atoms with Gasteiger partial charge in [-0.2, -0.15) is 5.10 Å². The number of carbonyl (C=O) groups excluding carboxylic acids is 1. The first kappa shape index (κ1) is 17.3. The third kappa shape index (κ3) is 4.49. The summed E-state index contributed by atoms with van der Waals surface area (Å²) in [5.74, 6) is -0.673. The van der Waals surface area contributed by atoms with Crippen molar-refractivity contribution in [3.63, 3.8) is 0 Å². The molecule has 0 radical (unpaired) electrons. The van der Waals surface area contributed by atoms with Crippen LogP contribution >= 0.6 is 11.6 Å². The molecule has 2 aromatic carbocycles. The standard InChI is InChI=1S/C18H18ClN3O3/c19-14-3-6-17(23)16(11-14)18(24)21-20-12-13-1-4-15(5-2-13)22-7-9-25-10-8-22/h1-6,11-12,23H,7-10H2,(H,21,24)/b20-12-. The number of morpholine rings is 1. The van der Waals surface area contributed by atoms with E-state index in [4.69, 9.17) is 16.3 Å². The molecule has 1 amide bonds. The number of anilines is 1. The Morgan fingerprint density at radius 2 is 1.92 bits per heavy atom. The molecular weight excluding hydrogens is 342 g/mol. The maximum Gasteiger partial charge on any atom is 0.275 e. The van der Waals surface area contributed by atoms with E-state index < -0.39 is 5.91 Å². The fraction of sp³-hybridized carbons (Fsp3) is 0.222. The van der Waals surface area contributed by atoms with E-state index in [9.17, 15) is 9.90 Å². The summed E-state index contributed by atoms with van der Waals surface area (Å²) in [5, 5.41) is 14.0. The van der Waals surface area contributed by atoms with E-state index >= 15 is 0 Å². The van der Waals surface area contributed by atoms with E-state index in [0.717, 1.165) is 37.6 Å². The smallest absolute Gasteiger partial charge is 0.275 e. The lowest BCUT2D eigenvalue weighted by Crippen LogP contribution is -2.36.